The lowest BCUT2D eigenvalue weighted by Gasteiger charge is -2.44. The number of nitrogens with zero attached hydrogens (tertiary/aromatic N) is 2. The van der Waals surface area contributed by atoms with Crippen molar-refractivity contribution in [2.45, 2.75) is 96.4 Å². The summed E-state index contributed by atoms with van der Waals surface area (Å²) in [6, 6.07) is 12.2. The molecule has 6 rings (SSSR count). The highest BCUT2D eigenvalue weighted by Crippen LogP contribution is 2.46. The molecule has 0 radical (unpaired) electrons. The summed E-state index contributed by atoms with van der Waals surface area (Å²) in [6.45, 7) is 10.3. The summed E-state index contributed by atoms with van der Waals surface area (Å²) in [5.74, 6) is 0.776. The first-order chi connectivity index (χ1) is 25.0. The van der Waals surface area contributed by atoms with Crippen LogP contribution in [0.5, 0.6) is 0 Å². The van der Waals surface area contributed by atoms with Gasteiger partial charge in [0, 0.05) is 48.3 Å². The summed E-state index contributed by atoms with van der Waals surface area (Å²) < 4.78 is 34.8. The predicted octanol–water partition coefficient (Wildman–Crippen LogP) is 8.45. The van der Waals surface area contributed by atoms with Gasteiger partial charge in [-0.3, -0.25) is 19.6 Å². The summed E-state index contributed by atoms with van der Waals surface area (Å²) >= 11 is 6.08. The topological polar surface area (TPSA) is 133 Å². The first-order valence-corrected chi connectivity index (χ1v) is 20.7. The van der Waals surface area contributed by atoms with Crippen molar-refractivity contribution in [3.63, 3.8) is 0 Å². The molecule has 1 aromatic carbocycles. The molecule has 0 amide bonds. The minimum atomic E-state index is -3.22. The molecule has 11 heteroatoms. The van der Waals surface area contributed by atoms with Crippen LogP contribution in [-0.4, -0.2) is 60.0 Å². The van der Waals surface area contributed by atoms with E-state index in [1.54, 1.807) is 42.9 Å². The molecular formula is C42H51ClN2O7S. The van der Waals surface area contributed by atoms with E-state index in [0.717, 1.165) is 48.1 Å². The van der Waals surface area contributed by atoms with Crippen LogP contribution in [0.4, 0.5) is 0 Å². The number of hydrogen-bond acceptors (Lipinski definition) is 9. The number of cyclic esters (lactones) is 1. The van der Waals surface area contributed by atoms with E-state index < -0.39 is 21.4 Å². The number of fused-ring (bicyclic) bond motifs is 1. The van der Waals surface area contributed by atoms with Crippen LogP contribution < -0.4 is 0 Å². The second kappa shape index (κ2) is 17.1. The second-order valence-electron chi connectivity index (χ2n) is 15.3. The Balaban J connectivity index is 0.000000211. The van der Waals surface area contributed by atoms with Crippen molar-refractivity contribution in [3.05, 3.63) is 89.9 Å². The Bertz CT molecular complexity index is 1930. The molecular weight excluding hydrogens is 712 g/mol. The maximum absolute atomic E-state index is 12.9. The molecule has 0 saturated carbocycles. The highest BCUT2D eigenvalue weighted by molar-refractivity contribution is 7.90. The van der Waals surface area contributed by atoms with Gasteiger partial charge in [-0.1, -0.05) is 62.7 Å². The molecule has 7 atom stereocenters. The van der Waals surface area contributed by atoms with E-state index in [2.05, 4.69) is 42.0 Å². The molecule has 0 unspecified atom stereocenters. The number of sulfone groups is 1. The molecule has 1 fully saturated rings. The lowest BCUT2D eigenvalue weighted by atomic mass is 9.65. The quantitative estimate of drug-likeness (QED) is 0.213. The normalized spacial score (nSPS) is 25.6. The Hall–Kier alpha value is -3.86. The highest BCUT2D eigenvalue weighted by atomic mass is 35.5. The summed E-state index contributed by atoms with van der Waals surface area (Å²) in [6.07, 6.45) is 15.8. The van der Waals surface area contributed by atoms with Crippen molar-refractivity contribution in [2.75, 3.05) is 6.26 Å². The van der Waals surface area contributed by atoms with Gasteiger partial charge in [0.2, 0.25) is 0 Å². The number of carbonyl (C=O) groups is 2. The van der Waals surface area contributed by atoms with E-state index in [1.165, 1.54) is 11.8 Å². The molecule has 3 aliphatic rings. The zero-order valence-corrected chi connectivity index (χ0v) is 32.9. The fourth-order valence-corrected chi connectivity index (χ4v) is 8.14. The predicted molar refractivity (Wildman–Crippen MR) is 206 cm³/mol. The van der Waals surface area contributed by atoms with Gasteiger partial charge >= 0.3 is 11.9 Å². The van der Waals surface area contributed by atoms with Crippen molar-refractivity contribution >= 4 is 33.4 Å². The Labute approximate surface area is 318 Å². The highest BCUT2D eigenvalue weighted by Gasteiger charge is 2.43. The number of allylic oxidation sites excluding steroid dienone is 3. The fraction of sp³-hybridized carbons (Fsp3) is 0.476. The maximum atomic E-state index is 12.9. The van der Waals surface area contributed by atoms with Crippen molar-refractivity contribution in [3.8, 4) is 22.4 Å². The molecule has 1 N–H and O–H groups in total. The van der Waals surface area contributed by atoms with Gasteiger partial charge in [0.1, 0.15) is 12.2 Å². The van der Waals surface area contributed by atoms with Crippen LogP contribution in [0.3, 0.4) is 0 Å². The number of ether oxygens (including phenoxy) is 2. The van der Waals surface area contributed by atoms with E-state index in [1.807, 2.05) is 39.0 Å². The third-order valence-corrected chi connectivity index (χ3v) is 12.1. The second-order valence-corrected chi connectivity index (χ2v) is 17.8. The number of hydrogen-bond donors (Lipinski definition) is 1. The monoisotopic (exact) mass is 762 g/mol. The minimum absolute atomic E-state index is 0.0949. The van der Waals surface area contributed by atoms with E-state index in [-0.39, 0.29) is 41.4 Å². The van der Waals surface area contributed by atoms with Crippen LogP contribution in [0, 0.1) is 29.1 Å². The van der Waals surface area contributed by atoms with E-state index in [4.69, 9.17) is 21.1 Å². The Kier molecular flexibility index (Phi) is 13.0. The minimum Gasteiger partial charge on any atom is -0.462 e. The Morgan fingerprint density at radius 1 is 1.08 bits per heavy atom. The first-order valence-electron chi connectivity index (χ1n) is 18.4. The third kappa shape index (κ3) is 10.2. The van der Waals surface area contributed by atoms with E-state index in [0.29, 0.717) is 29.2 Å². The molecule has 2 aliphatic carbocycles. The largest absolute Gasteiger partial charge is 0.462 e. The number of aromatic nitrogens is 2. The zero-order chi connectivity index (χ0) is 38.5. The van der Waals surface area contributed by atoms with Gasteiger partial charge in [-0.15, -0.1) is 0 Å². The standard InChI is InChI=1S/C25H38O5.C17H13ClN2O2S/c1-6-25(4,5)24(28)30-21-12-15(2)11-17-8-7-16(3)20(23(17)21)10-9-19-13-18(26)14-22(27)29-19;1-23(21,22)15-6-4-12(5-7-15)16-9-14(18)11-20-17(16)13-3-2-8-19-10-13/h7-8,11,15-16,18-21,23,26H,6,9-10,12-14H2,1-5H3;2-11H,1H3/t15-,16-,18+,19+,20-,21-,23-;/m0./s1. The molecule has 3 heterocycles. The maximum Gasteiger partial charge on any atom is 0.311 e. The van der Waals surface area contributed by atoms with Gasteiger partial charge in [0.05, 0.1) is 33.6 Å². The number of carbonyl (C=O) groups excluding carboxylic acids is 2. The number of halogens is 1. The van der Waals surface area contributed by atoms with Gasteiger partial charge in [-0.2, -0.15) is 0 Å². The summed E-state index contributed by atoms with van der Waals surface area (Å²) in [4.78, 5) is 33.4. The molecule has 53 heavy (non-hydrogen) atoms. The van der Waals surface area contributed by atoms with Gasteiger partial charge in [0.25, 0.3) is 0 Å². The number of esters is 2. The summed E-state index contributed by atoms with van der Waals surface area (Å²) in [5, 5.41) is 10.4. The number of rotatable bonds is 9. The molecule has 3 aromatic rings. The average molecular weight is 763 g/mol. The molecule has 284 valence electrons. The molecule has 2 aromatic heterocycles. The molecule has 0 bridgehead atoms. The lowest BCUT2D eigenvalue weighted by Crippen LogP contribution is -2.43. The zero-order valence-electron chi connectivity index (χ0n) is 31.4. The summed E-state index contributed by atoms with van der Waals surface area (Å²) in [7, 11) is -3.22. The average Bonchev–Trinajstić information content (AvgIpc) is 3.11. The van der Waals surface area contributed by atoms with Gasteiger partial charge in [-0.25, -0.2) is 8.42 Å². The molecule has 1 saturated heterocycles. The van der Waals surface area contributed by atoms with Gasteiger partial charge < -0.3 is 14.6 Å². The first kappa shape index (κ1) is 40.3. The number of aliphatic hydroxyl groups excluding tert-OH is 1. The fourth-order valence-electron chi connectivity index (χ4n) is 7.35. The van der Waals surface area contributed by atoms with E-state index >= 15 is 0 Å². The van der Waals surface area contributed by atoms with Crippen LogP contribution in [0.1, 0.15) is 73.1 Å². The van der Waals surface area contributed by atoms with Crippen LogP contribution >= 0.6 is 11.6 Å². The number of benzene rings is 1. The van der Waals surface area contributed by atoms with Crippen LogP contribution in [0.15, 0.2) is 89.8 Å². The number of aliphatic hydroxyl groups is 1. The Morgan fingerprint density at radius 3 is 2.45 bits per heavy atom. The van der Waals surface area contributed by atoms with Crippen molar-refractivity contribution in [1.82, 2.24) is 9.97 Å². The third-order valence-electron chi connectivity index (χ3n) is 10.7. The van der Waals surface area contributed by atoms with Gasteiger partial charge in [0.15, 0.2) is 9.84 Å². The van der Waals surface area contributed by atoms with Crippen molar-refractivity contribution in [2.24, 2.45) is 29.1 Å². The van der Waals surface area contributed by atoms with Crippen LogP contribution in [0.25, 0.3) is 22.4 Å². The smallest absolute Gasteiger partial charge is 0.311 e. The Morgan fingerprint density at radius 2 is 1.81 bits per heavy atom. The molecule has 9 nitrogen and oxygen atoms in total. The van der Waals surface area contributed by atoms with Crippen LogP contribution in [-0.2, 0) is 28.9 Å². The van der Waals surface area contributed by atoms with Crippen LogP contribution in [0.2, 0.25) is 5.02 Å². The van der Waals surface area contributed by atoms with Gasteiger partial charge in [-0.05, 0) is 98.8 Å². The SMILES string of the molecule is CCC(C)(C)C(=O)O[C@H]1C[C@@H](C)C=C2C=C[C@H](C)[C@H](CC[C@@H]3C[C@@H](O)CC(=O)O3)[C@H]21.CS(=O)(=O)c1ccc(-c2cc(Cl)cnc2-c2cccnc2)cc1. The van der Waals surface area contributed by atoms with Crippen molar-refractivity contribution in [1.29, 1.82) is 0 Å². The van der Waals surface area contributed by atoms with Crippen molar-refractivity contribution < 1.29 is 32.6 Å². The molecule has 0 spiro atoms. The molecule has 1 aliphatic heterocycles. The lowest BCUT2D eigenvalue weighted by molar-refractivity contribution is -0.166. The number of pyridine rings is 2. The van der Waals surface area contributed by atoms with E-state index in [9.17, 15) is 23.1 Å². The summed E-state index contributed by atoms with van der Waals surface area (Å²) in [5.41, 5.74) is 4.06.